The summed E-state index contributed by atoms with van der Waals surface area (Å²) in [5.41, 5.74) is 1.07. The lowest BCUT2D eigenvalue weighted by Gasteiger charge is -2.34. The Balaban J connectivity index is 1.34. The zero-order valence-electron chi connectivity index (χ0n) is 16.4. The summed E-state index contributed by atoms with van der Waals surface area (Å²) in [6.45, 7) is 4.69. The molecule has 1 saturated heterocycles. The molecule has 28 heavy (non-hydrogen) atoms. The third-order valence-corrected chi connectivity index (χ3v) is 5.00. The summed E-state index contributed by atoms with van der Waals surface area (Å²) in [7, 11) is 1.65. The maximum absolute atomic E-state index is 12.5. The Labute approximate surface area is 165 Å². The SMILES string of the molecule is COCCCNC(=O)CN1CCN(C(=O)CCc2ccc3c(c2)OCO3)CC1. The Bertz CT molecular complexity index is 674. The maximum Gasteiger partial charge on any atom is 0.234 e. The van der Waals surface area contributed by atoms with E-state index in [9.17, 15) is 9.59 Å². The van der Waals surface area contributed by atoms with Crippen molar-refractivity contribution in [3.05, 3.63) is 23.8 Å². The molecular weight excluding hydrogens is 362 g/mol. The predicted octanol–water partition coefficient (Wildman–Crippen LogP) is 0.645. The van der Waals surface area contributed by atoms with Gasteiger partial charge in [0.05, 0.1) is 6.54 Å². The lowest BCUT2D eigenvalue weighted by atomic mass is 10.1. The van der Waals surface area contributed by atoms with Gasteiger partial charge in [0.25, 0.3) is 0 Å². The van der Waals surface area contributed by atoms with Gasteiger partial charge in [-0.25, -0.2) is 0 Å². The molecule has 2 aliphatic heterocycles. The van der Waals surface area contributed by atoms with Crippen LogP contribution in [0.3, 0.4) is 0 Å². The van der Waals surface area contributed by atoms with Crippen LogP contribution in [0.2, 0.25) is 0 Å². The van der Waals surface area contributed by atoms with Crippen LogP contribution in [0.5, 0.6) is 11.5 Å². The molecule has 8 nitrogen and oxygen atoms in total. The van der Waals surface area contributed by atoms with Crippen LogP contribution in [0.1, 0.15) is 18.4 Å². The van der Waals surface area contributed by atoms with Crippen LogP contribution in [0.25, 0.3) is 0 Å². The fourth-order valence-electron chi connectivity index (χ4n) is 3.36. The zero-order valence-corrected chi connectivity index (χ0v) is 16.4. The number of ether oxygens (including phenoxy) is 3. The lowest BCUT2D eigenvalue weighted by molar-refractivity contribution is -0.133. The number of rotatable bonds is 9. The van der Waals surface area contributed by atoms with Gasteiger partial charge < -0.3 is 24.4 Å². The summed E-state index contributed by atoms with van der Waals surface area (Å²) in [5, 5.41) is 2.89. The second-order valence-corrected chi connectivity index (χ2v) is 7.04. The molecule has 0 unspecified atom stereocenters. The number of aryl methyl sites for hydroxylation is 1. The molecule has 0 aromatic heterocycles. The van der Waals surface area contributed by atoms with Gasteiger partial charge in [0.2, 0.25) is 18.6 Å². The van der Waals surface area contributed by atoms with E-state index in [2.05, 4.69) is 10.2 Å². The molecule has 2 aliphatic rings. The summed E-state index contributed by atoms with van der Waals surface area (Å²) < 4.78 is 15.7. The minimum Gasteiger partial charge on any atom is -0.454 e. The molecule has 154 valence electrons. The molecular formula is C20H29N3O5. The number of nitrogens with one attached hydrogen (secondary N) is 1. The van der Waals surface area contributed by atoms with Crippen LogP contribution >= 0.6 is 0 Å². The molecule has 0 bridgehead atoms. The lowest BCUT2D eigenvalue weighted by Crippen LogP contribution is -2.51. The van der Waals surface area contributed by atoms with Crippen LogP contribution in [0.15, 0.2) is 18.2 Å². The molecule has 3 rings (SSSR count). The first kappa shape index (κ1) is 20.4. The van der Waals surface area contributed by atoms with E-state index in [1.165, 1.54) is 0 Å². The van der Waals surface area contributed by atoms with Crippen molar-refractivity contribution < 1.29 is 23.8 Å². The molecule has 0 atom stereocenters. The molecule has 0 radical (unpaired) electrons. The largest absolute Gasteiger partial charge is 0.454 e. The summed E-state index contributed by atoms with van der Waals surface area (Å²) in [6, 6.07) is 5.81. The smallest absolute Gasteiger partial charge is 0.234 e. The van der Waals surface area contributed by atoms with E-state index >= 15 is 0 Å². The van der Waals surface area contributed by atoms with E-state index in [0.29, 0.717) is 45.6 Å². The van der Waals surface area contributed by atoms with Gasteiger partial charge in [0, 0.05) is 52.9 Å². The number of hydrogen-bond donors (Lipinski definition) is 1. The van der Waals surface area contributed by atoms with Crippen LogP contribution < -0.4 is 14.8 Å². The second-order valence-electron chi connectivity index (χ2n) is 7.04. The van der Waals surface area contributed by atoms with Crippen LogP contribution in [-0.2, 0) is 20.7 Å². The molecule has 1 N–H and O–H groups in total. The number of carbonyl (C=O) groups is 2. The highest BCUT2D eigenvalue weighted by molar-refractivity contribution is 5.78. The van der Waals surface area contributed by atoms with Crippen molar-refractivity contribution in [1.29, 1.82) is 0 Å². The number of methoxy groups -OCH3 is 1. The van der Waals surface area contributed by atoms with Gasteiger partial charge in [-0.15, -0.1) is 0 Å². The molecule has 1 aromatic carbocycles. The number of benzene rings is 1. The van der Waals surface area contributed by atoms with Crippen molar-refractivity contribution in [2.75, 3.05) is 59.8 Å². The second kappa shape index (κ2) is 10.3. The highest BCUT2D eigenvalue weighted by Gasteiger charge is 2.22. The zero-order chi connectivity index (χ0) is 19.8. The minimum atomic E-state index is 0.0266. The summed E-state index contributed by atoms with van der Waals surface area (Å²) in [6.07, 6.45) is 1.97. The Hall–Kier alpha value is -2.32. The first-order valence-corrected chi connectivity index (χ1v) is 9.80. The standard InChI is InChI=1S/C20H29N3O5/c1-26-12-2-7-21-19(24)14-22-8-10-23(11-9-22)20(25)6-4-16-3-5-17-18(13-16)28-15-27-17/h3,5,13H,2,4,6-12,14-15H2,1H3,(H,21,24). The molecule has 1 fully saturated rings. The molecule has 0 aliphatic carbocycles. The summed E-state index contributed by atoms with van der Waals surface area (Å²) in [4.78, 5) is 28.4. The fourth-order valence-corrected chi connectivity index (χ4v) is 3.36. The van der Waals surface area contributed by atoms with Crippen molar-refractivity contribution in [3.63, 3.8) is 0 Å². The fraction of sp³-hybridized carbons (Fsp3) is 0.600. The molecule has 8 heteroatoms. The van der Waals surface area contributed by atoms with Gasteiger partial charge in [-0.3, -0.25) is 14.5 Å². The van der Waals surface area contributed by atoms with E-state index in [-0.39, 0.29) is 18.6 Å². The molecule has 2 heterocycles. The number of piperazine rings is 1. The third-order valence-electron chi connectivity index (χ3n) is 5.00. The predicted molar refractivity (Wildman–Crippen MR) is 103 cm³/mol. The van der Waals surface area contributed by atoms with Gasteiger partial charge in [0.1, 0.15) is 0 Å². The monoisotopic (exact) mass is 391 g/mol. The van der Waals surface area contributed by atoms with Crippen molar-refractivity contribution >= 4 is 11.8 Å². The van der Waals surface area contributed by atoms with Crippen LogP contribution in [0.4, 0.5) is 0 Å². The van der Waals surface area contributed by atoms with Gasteiger partial charge in [-0.05, 0) is 30.5 Å². The highest BCUT2D eigenvalue weighted by Crippen LogP contribution is 2.32. The first-order valence-electron chi connectivity index (χ1n) is 9.80. The van der Waals surface area contributed by atoms with Crippen molar-refractivity contribution in [1.82, 2.24) is 15.1 Å². The quantitative estimate of drug-likeness (QED) is 0.623. The summed E-state index contributed by atoms with van der Waals surface area (Å²) >= 11 is 0. The van der Waals surface area contributed by atoms with Gasteiger partial charge in [0.15, 0.2) is 11.5 Å². The van der Waals surface area contributed by atoms with E-state index < -0.39 is 0 Å². The number of carbonyl (C=O) groups excluding carboxylic acids is 2. The Morgan fingerprint density at radius 2 is 1.93 bits per heavy atom. The normalized spacial score (nSPS) is 16.2. The van der Waals surface area contributed by atoms with Gasteiger partial charge in [-0.1, -0.05) is 6.07 Å². The van der Waals surface area contributed by atoms with Gasteiger partial charge >= 0.3 is 0 Å². The Morgan fingerprint density at radius 1 is 1.14 bits per heavy atom. The van der Waals surface area contributed by atoms with E-state index in [1.54, 1.807) is 7.11 Å². The first-order chi connectivity index (χ1) is 13.7. The maximum atomic E-state index is 12.5. The van der Waals surface area contributed by atoms with Crippen molar-refractivity contribution in [2.24, 2.45) is 0 Å². The molecule has 1 aromatic rings. The molecule has 0 spiro atoms. The van der Waals surface area contributed by atoms with E-state index in [0.717, 1.165) is 36.6 Å². The average molecular weight is 391 g/mol. The van der Waals surface area contributed by atoms with Crippen LogP contribution in [0, 0.1) is 0 Å². The topological polar surface area (TPSA) is 80.3 Å². The Kier molecular flexibility index (Phi) is 7.50. The van der Waals surface area contributed by atoms with E-state index in [4.69, 9.17) is 14.2 Å². The third kappa shape index (κ3) is 5.84. The number of fused-ring (bicyclic) bond motifs is 1. The minimum absolute atomic E-state index is 0.0266. The average Bonchev–Trinajstić information content (AvgIpc) is 3.18. The molecule has 2 amide bonds. The van der Waals surface area contributed by atoms with Crippen molar-refractivity contribution in [2.45, 2.75) is 19.3 Å². The molecule has 0 saturated carbocycles. The summed E-state index contributed by atoms with van der Waals surface area (Å²) in [5.74, 6) is 1.69. The Morgan fingerprint density at radius 3 is 2.71 bits per heavy atom. The number of hydrogen-bond acceptors (Lipinski definition) is 6. The number of nitrogens with zero attached hydrogens (tertiary/aromatic N) is 2. The van der Waals surface area contributed by atoms with Crippen LogP contribution in [-0.4, -0.2) is 81.4 Å². The van der Waals surface area contributed by atoms with Crippen molar-refractivity contribution in [3.8, 4) is 11.5 Å². The number of amides is 2. The van der Waals surface area contributed by atoms with Gasteiger partial charge in [-0.2, -0.15) is 0 Å². The van der Waals surface area contributed by atoms with E-state index in [1.807, 2.05) is 23.1 Å². The highest BCUT2D eigenvalue weighted by atomic mass is 16.7.